The number of H-pyrrole nitrogens is 1. The lowest BCUT2D eigenvalue weighted by Crippen LogP contribution is -2.48. The highest BCUT2D eigenvalue weighted by atomic mass is 35.5. The molecule has 1 fully saturated rings. The summed E-state index contributed by atoms with van der Waals surface area (Å²) >= 11 is 6.07. The lowest BCUT2D eigenvalue weighted by Gasteiger charge is -2.42. The fourth-order valence-electron chi connectivity index (χ4n) is 5.13. The van der Waals surface area contributed by atoms with Gasteiger partial charge < -0.3 is 19.5 Å². The van der Waals surface area contributed by atoms with Crippen molar-refractivity contribution in [2.75, 3.05) is 37.1 Å². The van der Waals surface area contributed by atoms with Gasteiger partial charge >= 0.3 is 0 Å². The van der Waals surface area contributed by atoms with Gasteiger partial charge in [0, 0.05) is 41.4 Å². The number of aromatic amines is 1. The zero-order valence-electron chi connectivity index (χ0n) is 17.8. The van der Waals surface area contributed by atoms with E-state index in [4.69, 9.17) is 16.3 Å². The van der Waals surface area contributed by atoms with Crippen molar-refractivity contribution in [2.24, 2.45) is 0 Å². The van der Waals surface area contributed by atoms with Crippen LogP contribution in [0.3, 0.4) is 0 Å². The highest BCUT2D eigenvalue weighted by molar-refractivity contribution is 6.27. The highest BCUT2D eigenvalue weighted by Crippen LogP contribution is 2.42. The molecule has 162 valence electrons. The average Bonchev–Trinajstić information content (AvgIpc) is 3.21. The first kappa shape index (κ1) is 20.4. The molecule has 5 nitrogen and oxygen atoms in total. The summed E-state index contributed by atoms with van der Waals surface area (Å²) in [7, 11) is 0. The van der Waals surface area contributed by atoms with E-state index >= 15 is 0 Å². The predicted octanol–water partition coefficient (Wildman–Crippen LogP) is 4.50. The van der Waals surface area contributed by atoms with Gasteiger partial charge in [0.05, 0.1) is 19.3 Å². The van der Waals surface area contributed by atoms with Crippen LogP contribution in [-0.2, 0) is 16.0 Å². The van der Waals surface area contributed by atoms with Gasteiger partial charge in [-0.1, -0.05) is 37.3 Å². The molecule has 0 radical (unpaired) electrons. The first-order valence-electron chi connectivity index (χ1n) is 11.1. The number of carbonyl (C=O) groups is 1. The zero-order valence-corrected chi connectivity index (χ0v) is 18.6. The van der Waals surface area contributed by atoms with Crippen molar-refractivity contribution in [1.29, 1.82) is 0 Å². The number of halogens is 1. The Balaban J connectivity index is 1.60. The number of anilines is 1. The molecule has 0 bridgehead atoms. The Kier molecular flexibility index (Phi) is 5.63. The van der Waals surface area contributed by atoms with Crippen molar-refractivity contribution >= 4 is 34.1 Å². The quantitative estimate of drug-likeness (QED) is 0.611. The predicted molar refractivity (Wildman–Crippen MR) is 125 cm³/mol. The topological polar surface area (TPSA) is 48.6 Å². The molecular formula is C25H28ClN3O2. The van der Waals surface area contributed by atoms with Crippen LogP contribution in [0.15, 0.2) is 48.5 Å². The van der Waals surface area contributed by atoms with Crippen LogP contribution in [0.1, 0.15) is 36.2 Å². The molecular weight excluding hydrogens is 410 g/mol. The SMILES string of the molecule is CC[C@H]1Cc2c([nH]c3ccccc23)[C@H](c2ccc(N3CCOCC3)cc2)N1C(=O)CCl. The van der Waals surface area contributed by atoms with E-state index in [0.29, 0.717) is 0 Å². The summed E-state index contributed by atoms with van der Waals surface area (Å²) in [6.07, 6.45) is 1.74. The summed E-state index contributed by atoms with van der Waals surface area (Å²) in [5, 5.41) is 1.25. The van der Waals surface area contributed by atoms with E-state index in [2.05, 4.69) is 65.3 Å². The number of hydrogen-bond acceptors (Lipinski definition) is 3. The fourth-order valence-corrected chi connectivity index (χ4v) is 5.27. The molecule has 3 aromatic rings. The molecule has 2 aromatic carbocycles. The van der Waals surface area contributed by atoms with E-state index in [1.807, 2.05) is 4.90 Å². The Labute approximate surface area is 187 Å². The molecule has 0 unspecified atom stereocenters. The van der Waals surface area contributed by atoms with Gasteiger partial charge in [-0.25, -0.2) is 0 Å². The van der Waals surface area contributed by atoms with E-state index in [1.54, 1.807) is 0 Å². The molecule has 3 heterocycles. The zero-order chi connectivity index (χ0) is 21.4. The molecule has 0 aliphatic carbocycles. The van der Waals surface area contributed by atoms with Gasteiger partial charge in [0.2, 0.25) is 5.91 Å². The molecule has 6 heteroatoms. The third kappa shape index (κ3) is 3.60. The van der Waals surface area contributed by atoms with Gasteiger partial charge in [-0.05, 0) is 42.2 Å². The maximum atomic E-state index is 13.0. The molecule has 1 amide bonds. The van der Waals surface area contributed by atoms with Crippen LogP contribution in [0, 0.1) is 0 Å². The number of amides is 1. The lowest BCUT2D eigenvalue weighted by atomic mass is 9.87. The van der Waals surface area contributed by atoms with Crippen LogP contribution in [0.5, 0.6) is 0 Å². The minimum Gasteiger partial charge on any atom is -0.378 e. The monoisotopic (exact) mass is 437 g/mol. The maximum absolute atomic E-state index is 13.0. The van der Waals surface area contributed by atoms with E-state index in [9.17, 15) is 4.79 Å². The summed E-state index contributed by atoms with van der Waals surface area (Å²) < 4.78 is 5.48. The van der Waals surface area contributed by atoms with Crippen LogP contribution in [-0.4, -0.2) is 54.0 Å². The number of para-hydroxylation sites is 1. The van der Waals surface area contributed by atoms with Gasteiger partial charge in [0.15, 0.2) is 0 Å². The van der Waals surface area contributed by atoms with Crippen molar-refractivity contribution in [3.63, 3.8) is 0 Å². The van der Waals surface area contributed by atoms with Crippen LogP contribution >= 0.6 is 11.6 Å². The number of morpholine rings is 1. The third-order valence-corrected chi connectivity index (χ3v) is 6.92. The number of aromatic nitrogens is 1. The maximum Gasteiger partial charge on any atom is 0.238 e. The van der Waals surface area contributed by atoms with Crippen LogP contribution < -0.4 is 4.90 Å². The number of ether oxygens (including phenoxy) is 1. The van der Waals surface area contributed by atoms with E-state index < -0.39 is 0 Å². The molecule has 2 aliphatic rings. The van der Waals surface area contributed by atoms with Gasteiger partial charge in [-0.15, -0.1) is 11.6 Å². The Bertz CT molecular complexity index is 1070. The lowest BCUT2D eigenvalue weighted by molar-refractivity contribution is -0.133. The second kappa shape index (κ2) is 8.56. The normalized spacial score (nSPS) is 21.4. The summed E-state index contributed by atoms with van der Waals surface area (Å²) in [6.45, 7) is 5.49. The number of nitrogens with one attached hydrogen (secondary N) is 1. The summed E-state index contributed by atoms with van der Waals surface area (Å²) in [5.74, 6) is -0.0193. The van der Waals surface area contributed by atoms with Crippen LogP contribution in [0.4, 0.5) is 5.69 Å². The molecule has 0 saturated carbocycles. The summed E-state index contributed by atoms with van der Waals surface area (Å²) in [4.78, 5) is 21.0. The van der Waals surface area contributed by atoms with E-state index in [1.165, 1.54) is 16.6 Å². The van der Waals surface area contributed by atoms with Crippen LogP contribution in [0.2, 0.25) is 0 Å². The summed E-state index contributed by atoms with van der Waals surface area (Å²) in [6, 6.07) is 17.1. The highest BCUT2D eigenvalue weighted by Gasteiger charge is 2.39. The number of benzene rings is 2. The summed E-state index contributed by atoms with van der Waals surface area (Å²) in [5.41, 5.74) is 5.87. The number of nitrogens with zero attached hydrogens (tertiary/aromatic N) is 2. The molecule has 1 N–H and O–H groups in total. The first-order chi connectivity index (χ1) is 15.2. The Morgan fingerprint density at radius 1 is 1.13 bits per heavy atom. The van der Waals surface area contributed by atoms with Crippen molar-refractivity contribution in [3.8, 4) is 0 Å². The molecule has 0 spiro atoms. The average molecular weight is 438 g/mol. The Morgan fingerprint density at radius 3 is 2.58 bits per heavy atom. The van der Waals surface area contributed by atoms with Gasteiger partial charge in [0.25, 0.3) is 0 Å². The Morgan fingerprint density at radius 2 is 1.87 bits per heavy atom. The minimum absolute atomic E-state index is 0.00553. The van der Waals surface area contributed by atoms with E-state index in [-0.39, 0.29) is 23.9 Å². The van der Waals surface area contributed by atoms with Gasteiger partial charge in [-0.3, -0.25) is 4.79 Å². The molecule has 2 aliphatic heterocycles. The van der Waals surface area contributed by atoms with Gasteiger partial charge in [-0.2, -0.15) is 0 Å². The smallest absolute Gasteiger partial charge is 0.238 e. The van der Waals surface area contributed by atoms with Crippen molar-refractivity contribution < 1.29 is 9.53 Å². The number of hydrogen-bond donors (Lipinski definition) is 1. The first-order valence-corrected chi connectivity index (χ1v) is 11.6. The Hall–Kier alpha value is -2.50. The minimum atomic E-state index is -0.161. The largest absolute Gasteiger partial charge is 0.378 e. The van der Waals surface area contributed by atoms with E-state index in [0.717, 1.165) is 55.9 Å². The fraction of sp³-hybridized carbons (Fsp3) is 0.400. The second-order valence-electron chi connectivity index (χ2n) is 8.36. The third-order valence-electron chi connectivity index (χ3n) is 6.69. The van der Waals surface area contributed by atoms with Gasteiger partial charge in [0.1, 0.15) is 5.88 Å². The molecule has 1 saturated heterocycles. The second-order valence-corrected chi connectivity index (χ2v) is 8.62. The number of alkyl halides is 1. The number of carbonyl (C=O) groups excluding carboxylic acids is 1. The molecule has 31 heavy (non-hydrogen) atoms. The van der Waals surface area contributed by atoms with Crippen molar-refractivity contribution in [2.45, 2.75) is 31.8 Å². The van der Waals surface area contributed by atoms with Crippen molar-refractivity contribution in [1.82, 2.24) is 9.88 Å². The number of fused-ring (bicyclic) bond motifs is 3. The molecule has 1 aromatic heterocycles. The number of rotatable bonds is 4. The van der Waals surface area contributed by atoms with Crippen molar-refractivity contribution in [3.05, 3.63) is 65.4 Å². The molecule has 5 rings (SSSR count). The standard InChI is InChI=1S/C25H28ClN3O2/c1-2-18-15-21-20-5-3-4-6-22(20)27-24(21)25(29(18)23(30)16-26)17-7-9-19(10-8-17)28-11-13-31-14-12-28/h3-10,18,25,27H,2,11-16H2,1H3/t18-,25-/m0/s1. The molecule has 2 atom stereocenters. The van der Waals surface area contributed by atoms with Crippen LogP contribution in [0.25, 0.3) is 10.9 Å².